The third-order valence-corrected chi connectivity index (χ3v) is 2.26. The molecule has 0 heterocycles. The maximum Gasteiger partial charge on any atom is 0.122 e. The average Bonchev–Trinajstić information content (AvgIpc) is 2.15. The number of aryl methyl sites for hydroxylation is 1. The van der Waals surface area contributed by atoms with Crippen LogP contribution in [-0.4, -0.2) is 12.6 Å². The fourth-order valence-corrected chi connectivity index (χ4v) is 1.58. The van der Waals surface area contributed by atoms with Gasteiger partial charge in [0.15, 0.2) is 0 Å². The van der Waals surface area contributed by atoms with Gasteiger partial charge >= 0.3 is 0 Å². The Bertz CT molecular complexity index is 307. The van der Waals surface area contributed by atoms with Gasteiger partial charge in [-0.15, -0.1) is 0 Å². The maximum absolute atomic E-state index is 5.76. The van der Waals surface area contributed by atoms with Gasteiger partial charge in [-0.05, 0) is 43.9 Å². The lowest BCUT2D eigenvalue weighted by Crippen LogP contribution is -2.17. The highest BCUT2D eigenvalue weighted by atomic mass is 16.5. The van der Waals surface area contributed by atoms with Gasteiger partial charge in [0.05, 0.1) is 6.61 Å². The molecule has 0 aromatic heterocycles. The molecule has 0 aliphatic carbocycles. The van der Waals surface area contributed by atoms with Crippen LogP contribution in [-0.2, 0) is 6.42 Å². The molecule has 0 amide bonds. The number of benzene rings is 1. The Morgan fingerprint density at radius 3 is 2.67 bits per heavy atom. The van der Waals surface area contributed by atoms with Gasteiger partial charge in [0, 0.05) is 6.04 Å². The zero-order valence-corrected chi connectivity index (χ0v) is 9.92. The molecule has 1 aromatic rings. The van der Waals surface area contributed by atoms with Gasteiger partial charge in [-0.2, -0.15) is 0 Å². The Labute approximate surface area is 92.4 Å². The number of nitrogens with two attached hydrogens (primary N) is 1. The van der Waals surface area contributed by atoms with Crippen molar-refractivity contribution in [2.24, 2.45) is 5.73 Å². The molecule has 2 heteroatoms. The number of ether oxygens (including phenoxy) is 1. The first-order valence-corrected chi connectivity index (χ1v) is 5.61. The Hall–Kier alpha value is -1.02. The van der Waals surface area contributed by atoms with Gasteiger partial charge in [0.2, 0.25) is 0 Å². The lowest BCUT2D eigenvalue weighted by Gasteiger charge is -2.11. The molecule has 1 atom stereocenters. The molecule has 1 rings (SSSR count). The molecule has 0 spiro atoms. The smallest absolute Gasteiger partial charge is 0.122 e. The van der Waals surface area contributed by atoms with Crippen LogP contribution < -0.4 is 10.5 Å². The summed E-state index contributed by atoms with van der Waals surface area (Å²) in [5, 5.41) is 0. The lowest BCUT2D eigenvalue weighted by atomic mass is 10.0. The standard InChI is InChI=1S/C13H21NO/c1-4-7-15-13-6-5-12(8-10(13)2)9-11(3)14/h5-6,8,11H,4,7,9,14H2,1-3H3. The predicted octanol–water partition coefficient (Wildman–Crippen LogP) is 2.67. The van der Waals surface area contributed by atoms with Crippen LogP contribution in [0.1, 0.15) is 31.4 Å². The van der Waals surface area contributed by atoms with Crippen LogP contribution in [0.25, 0.3) is 0 Å². The minimum absolute atomic E-state index is 0.215. The first-order chi connectivity index (χ1) is 7.13. The van der Waals surface area contributed by atoms with Gasteiger partial charge in [-0.1, -0.05) is 19.1 Å². The summed E-state index contributed by atoms with van der Waals surface area (Å²) in [6, 6.07) is 6.52. The Morgan fingerprint density at radius 1 is 1.40 bits per heavy atom. The van der Waals surface area contributed by atoms with Crippen molar-refractivity contribution in [3.05, 3.63) is 29.3 Å². The molecule has 2 nitrogen and oxygen atoms in total. The number of hydrogen-bond donors (Lipinski definition) is 1. The largest absolute Gasteiger partial charge is 0.493 e. The summed E-state index contributed by atoms with van der Waals surface area (Å²) in [5.41, 5.74) is 8.24. The van der Waals surface area contributed by atoms with Crippen LogP contribution in [0.2, 0.25) is 0 Å². The van der Waals surface area contributed by atoms with E-state index >= 15 is 0 Å². The van der Waals surface area contributed by atoms with E-state index in [4.69, 9.17) is 10.5 Å². The summed E-state index contributed by atoms with van der Waals surface area (Å²) in [6.45, 7) is 7.00. The van der Waals surface area contributed by atoms with Crippen LogP contribution in [0.5, 0.6) is 5.75 Å². The summed E-state index contributed by atoms with van der Waals surface area (Å²) < 4.78 is 5.61. The Balaban J connectivity index is 2.69. The third-order valence-electron chi connectivity index (χ3n) is 2.26. The zero-order chi connectivity index (χ0) is 11.3. The van der Waals surface area contributed by atoms with Gasteiger partial charge < -0.3 is 10.5 Å². The Morgan fingerprint density at radius 2 is 2.13 bits per heavy atom. The molecule has 15 heavy (non-hydrogen) atoms. The summed E-state index contributed by atoms with van der Waals surface area (Å²) in [6.07, 6.45) is 1.97. The van der Waals surface area contributed by atoms with E-state index in [9.17, 15) is 0 Å². The number of hydrogen-bond acceptors (Lipinski definition) is 2. The molecule has 0 radical (unpaired) electrons. The van der Waals surface area contributed by atoms with Crippen molar-refractivity contribution >= 4 is 0 Å². The highest BCUT2D eigenvalue weighted by molar-refractivity contribution is 5.36. The van der Waals surface area contributed by atoms with Crippen molar-refractivity contribution in [2.45, 2.75) is 39.7 Å². The molecule has 2 N–H and O–H groups in total. The molecule has 0 bridgehead atoms. The van der Waals surface area contributed by atoms with Gasteiger partial charge in [0.25, 0.3) is 0 Å². The molecular weight excluding hydrogens is 186 g/mol. The van der Waals surface area contributed by atoms with Crippen molar-refractivity contribution in [3.63, 3.8) is 0 Å². The molecule has 1 aromatic carbocycles. The van der Waals surface area contributed by atoms with Crippen LogP contribution in [0.4, 0.5) is 0 Å². The fraction of sp³-hybridized carbons (Fsp3) is 0.538. The van der Waals surface area contributed by atoms with Gasteiger partial charge in [-0.25, -0.2) is 0 Å². The van der Waals surface area contributed by atoms with E-state index in [0.29, 0.717) is 0 Å². The Kier molecular flexibility index (Phi) is 4.63. The second kappa shape index (κ2) is 5.76. The van der Waals surface area contributed by atoms with E-state index in [1.165, 1.54) is 11.1 Å². The number of rotatable bonds is 5. The van der Waals surface area contributed by atoms with Crippen LogP contribution in [0.15, 0.2) is 18.2 Å². The highest BCUT2D eigenvalue weighted by Crippen LogP contribution is 2.19. The minimum Gasteiger partial charge on any atom is -0.493 e. The van der Waals surface area contributed by atoms with E-state index < -0.39 is 0 Å². The quantitative estimate of drug-likeness (QED) is 0.805. The van der Waals surface area contributed by atoms with Gasteiger partial charge in [0.1, 0.15) is 5.75 Å². The lowest BCUT2D eigenvalue weighted by molar-refractivity contribution is 0.315. The second-order valence-corrected chi connectivity index (χ2v) is 4.13. The van der Waals surface area contributed by atoms with Crippen molar-refractivity contribution in [2.75, 3.05) is 6.61 Å². The van der Waals surface area contributed by atoms with Crippen molar-refractivity contribution in [1.82, 2.24) is 0 Å². The molecule has 1 unspecified atom stereocenters. The van der Waals surface area contributed by atoms with Crippen LogP contribution in [0, 0.1) is 6.92 Å². The van der Waals surface area contributed by atoms with E-state index in [1.54, 1.807) is 0 Å². The maximum atomic E-state index is 5.76. The van der Waals surface area contributed by atoms with E-state index in [2.05, 4.69) is 26.0 Å². The molecule has 84 valence electrons. The molecule has 0 fully saturated rings. The SMILES string of the molecule is CCCOc1ccc(CC(C)N)cc1C. The van der Waals surface area contributed by atoms with Crippen molar-refractivity contribution < 1.29 is 4.74 Å². The van der Waals surface area contributed by atoms with Crippen LogP contribution >= 0.6 is 0 Å². The van der Waals surface area contributed by atoms with E-state index in [1.807, 2.05) is 13.0 Å². The topological polar surface area (TPSA) is 35.2 Å². The average molecular weight is 207 g/mol. The van der Waals surface area contributed by atoms with Crippen molar-refractivity contribution in [1.29, 1.82) is 0 Å². The summed E-state index contributed by atoms with van der Waals surface area (Å²) >= 11 is 0. The third kappa shape index (κ3) is 3.92. The fourth-order valence-electron chi connectivity index (χ4n) is 1.58. The molecular formula is C13H21NO. The minimum atomic E-state index is 0.215. The molecule has 0 saturated carbocycles. The molecule has 0 saturated heterocycles. The predicted molar refractivity (Wildman–Crippen MR) is 64.3 cm³/mol. The van der Waals surface area contributed by atoms with Crippen LogP contribution in [0.3, 0.4) is 0 Å². The monoisotopic (exact) mass is 207 g/mol. The van der Waals surface area contributed by atoms with Crippen molar-refractivity contribution in [3.8, 4) is 5.75 Å². The zero-order valence-electron chi connectivity index (χ0n) is 9.92. The first kappa shape index (κ1) is 12.1. The first-order valence-electron chi connectivity index (χ1n) is 5.61. The van der Waals surface area contributed by atoms with E-state index in [0.717, 1.165) is 25.2 Å². The summed E-state index contributed by atoms with van der Waals surface area (Å²) in [5.74, 6) is 0.991. The molecule has 0 aliphatic rings. The summed E-state index contributed by atoms with van der Waals surface area (Å²) in [7, 11) is 0. The normalized spacial score (nSPS) is 12.5. The van der Waals surface area contributed by atoms with E-state index in [-0.39, 0.29) is 6.04 Å². The summed E-state index contributed by atoms with van der Waals surface area (Å²) in [4.78, 5) is 0. The molecule has 0 aliphatic heterocycles. The van der Waals surface area contributed by atoms with Gasteiger partial charge in [-0.3, -0.25) is 0 Å². The second-order valence-electron chi connectivity index (χ2n) is 4.13. The highest BCUT2D eigenvalue weighted by Gasteiger charge is 2.02.